The van der Waals surface area contributed by atoms with Gasteiger partial charge in [-0.05, 0) is 24.6 Å². The van der Waals surface area contributed by atoms with Crippen LogP contribution in [0, 0.1) is 12.8 Å². The van der Waals surface area contributed by atoms with Crippen LogP contribution in [-0.2, 0) is 4.79 Å². The zero-order chi connectivity index (χ0) is 10.7. The topological polar surface area (TPSA) is 29.1 Å². The zero-order valence-electron chi connectivity index (χ0n) is 8.60. The highest BCUT2D eigenvalue weighted by molar-refractivity contribution is 6.31. The highest BCUT2D eigenvalue weighted by Gasteiger charge is 2.08. The summed E-state index contributed by atoms with van der Waals surface area (Å²) in [5, 5.41) is 3.46. The lowest BCUT2D eigenvalue weighted by Gasteiger charge is -2.10. The standard InChI is InChI=1S/C11H14ClNO/c1-7(2)11(14)13-10-6-9(12)5-4-8(10)3/h4-7H,1-3H3,(H,13,14). The van der Waals surface area contributed by atoms with Gasteiger partial charge in [0.25, 0.3) is 0 Å². The fourth-order valence-corrected chi connectivity index (χ4v) is 1.18. The minimum absolute atomic E-state index is 0.00960. The van der Waals surface area contributed by atoms with E-state index in [-0.39, 0.29) is 11.8 Å². The SMILES string of the molecule is Cc1ccc(Cl)cc1NC(=O)C(C)C. The Hall–Kier alpha value is -1.02. The quantitative estimate of drug-likeness (QED) is 0.800. The van der Waals surface area contributed by atoms with Gasteiger partial charge in [0.2, 0.25) is 5.91 Å². The second kappa shape index (κ2) is 4.47. The molecule has 0 aliphatic rings. The molecular formula is C11H14ClNO. The number of carbonyl (C=O) groups excluding carboxylic acids is 1. The summed E-state index contributed by atoms with van der Waals surface area (Å²) in [6.07, 6.45) is 0. The molecule has 0 atom stereocenters. The lowest BCUT2D eigenvalue weighted by Crippen LogP contribution is -2.18. The van der Waals surface area contributed by atoms with Crippen molar-refractivity contribution in [2.45, 2.75) is 20.8 Å². The van der Waals surface area contributed by atoms with Crippen molar-refractivity contribution in [3.8, 4) is 0 Å². The lowest BCUT2D eigenvalue weighted by atomic mass is 10.1. The van der Waals surface area contributed by atoms with Gasteiger partial charge in [-0.15, -0.1) is 0 Å². The molecule has 0 spiro atoms. The maximum Gasteiger partial charge on any atom is 0.226 e. The van der Waals surface area contributed by atoms with Crippen LogP contribution in [0.15, 0.2) is 18.2 Å². The van der Waals surface area contributed by atoms with Crippen molar-refractivity contribution in [2.24, 2.45) is 5.92 Å². The minimum atomic E-state index is -0.0200. The number of carbonyl (C=O) groups is 1. The van der Waals surface area contributed by atoms with Crippen LogP contribution >= 0.6 is 11.6 Å². The minimum Gasteiger partial charge on any atom is -0.326 e. The average molecular weight is 212 g/mol. The molecule has 1 amide bonds. The van der Waals surface area contributed by atoms with E-state index in [1.54, 1.807) is 6.07 Å². The number of aryl methyl sites for hydroxylation is 1. The third kappa shape index (κ3) is 2.74. The first-order valence-electron chi connectivity index (χ1n) is 4.57. The Bertz CT molecular complexity index is 347. The van der Waals surface area contributed by atoms with Crippen molar-refractivity contribution in [3.63, 3.8) is 0 Å². The van der Waals surface area contributed by atoms with E-state index >= 15 is 0 Å². The van der Waals surface area contributed by atoms with Crippen LogP contribution in [0.3, 0.4) is 0 Å². The smallest absolute Gasteiger partial charge is 0.226 e. The summed E-state index contributed by atoms with van der Waals surface area (Å²) >= 11 is 5.83. The van der Waals surface area contributed by atoms with Crippen molar-refractivity contribution in [3.05, 3.63) is 28.8 Å². The van der Waals surface area contributed by atoms with E-state index in [2.05, 4.69) is 5.32 Å². The summed E-state index contributed by atoms with van der Waals surface area (Å²) < 4.78 is 0. The third-order valence-electron chi connectivity index (χ3n) is 1.98. The average Bonchev–Trinajstić information content (AvgIpc) is 2.11. The number of benzene rings is 1. The van der Waals surface area contributed by atoms with Gasteiger partial charge < -0.3 is 5.32 Å². The number of anilines is 1. The Balaban J connectivity index is 2.86. The fourth-order valence-electron chi connectivity index (χ4n) is 1.01. The van der Waals surface area contributed by atoms with Crippen molar-refractivity contribution < 1.29 is 4.79 Å². The molecule has 3 heteroatoms. The molecule has 1 aromatic carbocycles. The molecule has 0 radical (unpaired) electrons. The number of rotatable bonds is 2. The van der Waals surface area contributed by atoms with Gasteiger partial charge in [0, 0.05) is 16.6 Å². The molecule has 0 aliphatic carbocycles. The molecule has 0 heterocycles. The van der Waals surface area contributed by atoms with Gasteiger partial charge in [-0.1, -0.05) is 31.5 Å². The molecule has 0 saturated carbocycles. The maximum atomic E-state index is 11.4. The first-order chi connectivity index (χ1) is 6.50. The highest BCUT2D eigenvalue weighted by atomic mass is 35.5. The van der Waals surface area contributed by atoms with Crippen LogP contribution < -0.4 is 5.32 Å². The Morgan fingerprint density at radius 1 is 1.43 bits per heavy atom. The number of nitrogens with one attached hydrogen (secondary N) is 1. The molecule has 76 valence electrons. The molecule has 0 bridgehead atoms. The van der Waals surface area contributed by atoms with E-state index in [4.69, 9.17) is 11.6 Å². The third-order valence-corrected chi connectivity index (χ3v) is 2.22. The predicted molar refractivity (Wildman–Crippen MR) is 59.7 cm³/mol. The summed E-state index contributed by atoms with van der Waals surface area (Å²) in [5.41, 5.74) is 1.81. The largest absolute Gasteiger partial charge is 0.326 e. The molecule has 1 N–H and O–H groups in total. The normalized spacial score (nSPS) is 10.4. The van der Waals surface area contributed by atoms with E-state index < -0.39 is 0 Å². The van der Waals surface area contributed by atoms with Crippen LogP contribution in [0.5, 0.6) is 0 Å². The molecule has 14 heavy (non-hydrogen) atoms. The molecule has 1 aromatic rings. The van der Waals surface area contributed by atoms with Gasteiger partial charge in [0.15, 0.2) is 0 Å². The van der Waals surface area contributed by atoms with Crippen LogP contribution in [-0.4, -0.2) is 5.91 Å². The molecule has 0 aliphatic heterocycles. The molecular weight excluding hydrogens is 198 g/mol. The molecule has 0 unspecified atom stereocenters. The molecule has 1 rings (SSSR count). The van der Waals surface area contributed by atoms with Crippen LogP contribution in [0.1, 0.15) is 19.4 Å². The summed E-state index contributed by atoms with van der Waals surface area (Å²) in [5.74, 6) is -0.0104. The Kier molecular flexibility index (Phi) is 3.53. The van der Waals surface area contributed by atoms with E-state index in [1.165, 1.54) is 0 Å². The van der Waals surface area contributed by atoms with Crippen molar-refractivity contribution >= 4 is 23.2 Å². The van der Waals surface area contributed by atoms with Crippen molar-refractivity contribution in [1.29, 1.82) is 0 Å². The first kappa shape index (κ1) is 11.1. The monoisotopic (exact) mass is 211 g/mol. The number of hydrogen-bond donors (Lipinski definition) is 1. The van der Waals surface area contributed by atoms with Gasteiger partial charge in [-0.25, -0.2) is 0 Å². The molecule has 0 saturated heterocycles. The van der Waals surface area contributed by atoms with Crippen molar-refractivity contribution in [1.82, 2.24) is 0 Å². The van der Waals surface area contributed by atoms with Gasteiger partial charge in [-0.2, -0.15) is 0 Å². The summed E-state index contributed by atoms with van der Waals surface area (Å²) in [7, 11) is 0. The van der Waals surface area contributed by atoms with Crippen LogP contribution in [0.25, 0.3) is 0 Å². The van der Waals surface area contributed by atoms with E-state index in [0.29, 0.717) is 5.02 Å². The van der Waals surface area contributed by atoms with E-state index in [1.807, 2.05) is 32.9 Å². The molecule has 2 nitrogen and oxygen atoms in total. The van der Waals surface area contributed by atoms with Gasteiger partial charge in [-0.3, -0.25) is 4.79 Å². The Morgan fingerprint density at radius 2 is 2.07 bits per heavy atom. The van der Waals surface area contributed by atoms with Crippen LogP contribution in [0.2, 0.25) is 5.02 Å². The zero-order valence-corrected chi connectivity index (χ0v) is 9.35. The number of halogens is 1. The second-order valence-corrected chi connectivity index (χ2v) is 4.04. The Labute approximate surface area is 89.3 Å². The maximum absolute atomic E-state index is 11.4. The summed E-state index contributed by atoms with van der Waals surface area (Å²) in [6.45, 7) is 5.65. The van der Waals surface area contributed by atoms with Gasteiger partial charge >= 0.3 is 0 Å². The van der Waals surface area contributed by atoms with Crippen LogP contribution in [0.4, 0.5) is 5.69 Å². The van der Waals surface area contributed by atoms with Crippen molar-refractivity contribution in [2.75, 3.05) is 5.32 Å². The van der Waals surface area contributed by atoms with E-state index in [0.717, 1.165) is 11.3 Å². The molecule has 0 fully saturated rings. The van der Waals surface area contributed by atoms with Gasteiger partial charge in [0.1, 0.15) is 0 Å². The summed E-state index contributed by atoms with van der Waals surface area (Å²) in [4.78, 5) is 11.4. The molecule has 0 aromatic heterocycles. The highest BCUT2D eigenvalue weighted by Crippen LogP contribution is 2.20. The van der Waals surface area contributed by atoms with E-state index in [9.17, 15) is 4.79 Å². The second-order valence-electron chi connectivity index (χ2n) is 3.60. The number of hydrogen-bond acceptors (Lipinski definition) is 1. The Morgan fingerprint density at radius 3 is 2.64 bits per heavy atom. The number of amides is 1. The fraction of sp³-hybridized carbons (Fsp3) is 0.364. The summed E-state index contributed by atoms with van der Waals surface area (Å²) in [6, 6.07) is 5.46. The van der Waals surface area contributed by atoms with Gasteiger partial charge in [0.05, 0.1) is 0 Å². The lowest BCUT2D eigenvalue weighted by molar-refractivity contribution is -0.118. The predicted octanol–water partition coefficient (Wildman–Crippen LogP) is 3.24. The first-order valence-corrected chi connectivity index (χ1v) is 4.95.